The van der Waals surface area contributed by atoms with Crippen LogP contribution in [0, 0.1) is 11.3 Å². The number of H-pyrrole nitrogens is 1. The van der Waals surface area contributed by atoms with Crippen molar-refractivity contribution in [2.75, 3.05) is 12.4 Å². The molecular weight excluding hydrogens is 360 g/mol. The molecule has 2 aromatic carbocycles. The number of hydrogen-bond donors (Lipinski definition) is 2. The number of carbonyl (C=O) groups excluding carboxylic acids is 1. The first kappa shape index (κ1) is 17.2. The number of methoxy groups -OCH3 is 1. The first-order chi connectivity index (χ1) is 12.4. The summed E-state index contributed by atoms with van der Waals surface area (Å²) in [7, 11) is -2.89. The molecule has 0 radical (unpaired) electrons. The molecule has 0 fully saturated rings. The van der Waals surface area contributed by atoms with Crippen molar-refractivity contribution >= 4 is 33.2 Å². The summed E-state index contributed by atoms with van der Waals surface area (Å²) in [6.07, 6.45) is -0.694. The highest BCUT2D eigenvalue weighted by molar-refractivity contribution is 7.87. The van der Waals surface area contributed by atoms with Crippen molar-refractivity contribution in [2.45, 2.75) is 4.90 Å². The average molecular weight is 372 g/mol. The van der Waals surface area contributed by atoms with Crippen molar-refractivity contribution in [3.63, 3.8) is 0 Å². The predicted molar refractivity (Wildman–Crippen MR) is 91.1 cm³/mol. The highest BCUT2D eigenvalue weighted by atomic mass is 32.2. The van der Waals surface area contributed by atoms with Crippen molar-refractivity contribution in [1.29, 1.82) is 5.26 Å². The Bertz CT molecular complexity index is 1130. The predicted octanol–water partition coefficient (Wildman–Crippen LogP) is 2.38. The third kappa shape index (κ3) is 3.57. The summed E-state index contributed by atoms with van der Waals surface area (Å²) >= 11 is 0. The molecule has 1 amide bonds. The lowest BCUT2D eigenvalue weighted by Crippen LogP contribution is -2.11. The number of amides is 1. The third-order valence-corrected chi connectivity index (χ3v) is 4.56. The maximum atomic E-state index is 12.4. The molecule has 0 aliphatic heterocycles. The van der Waals surface area contributed by atoms with Crippen LogP contribution < -0.4 is 9.50 Å². The van der Waals surface area contributed by atoms with Gasteiger partial charge in [-0.05, 0) is 30.3 Å². The Morgan fingerprint density at radius 2 is 2.08 bits per heavy atom. The first-order valence-corrected chi connectivity index (χ1v) is 8.61. The van der Waals surface area contributed by atoms with Gasteiger partial charge in [-0.15, -0.1) is 0 Å². The number of nitrogens with one attached hydrogen (secondary N) is 2. The van der Waals surface area contributed by atoms with E-state index in [4.69, 9.17) is 9.44 Å². The highest BCUT2D eigenvalue weighted by Gasteiger charge is 2.18. The van der Waals surface area contributed by atoms with Crippen LogP contribution in [0.4, 0.5) is 10.7 Å². The van der Waals surface area contributed by atoms with Gasteiger partial charge in [0.25, 0.3) is 0 Å². The van der Waals surface area contributed by atoms with Gasteiger partial charge < -0.3 is 13.9 Å². The van der Waals surface area contributed by atoms with Crippen LogP contribution in [0.2, 0.25) is 0 Å². The number of aromatic amines is 1. The molecule has 0 unspecified atom stereocenters. The number of nitrogens with zero attached hydrogens (tertiary/aromatic N) is 2. The minimum Gasteiger partial charge on any atom is -0.453 e. The Balaban J connectivity index is 1.88. The fourth-order valence-electron chi connectivity index (χ4n) is 2.14. The van der Waals surface area contributed by atoms with Crippen LogP contribution in [0.5, 0.6) is 5.75 Å². The van der Waals surface area contributed by atoms with Gasteiger partial charge in [-0.25, -0.2) is 9.78 Å². The van der Waals surface area contributed by atoms with Crippen LogP contribution in [-0.2, 0) is 14.9 Å². The van der Waals surface area contributed by atoms with Gasteiger partial charge in [0.2, 0.25) is 5.95 Å². The van der Waals surface area contributed by atoms with Gasteiger partial charge in [0, 0.05) is 6.07 Å². The van der Waals surface area contributed by atoms with Crippen LogP contribution in [-0.4, -0.2) is 31.6 Å². The topological polar surface area (TPSA) is 134 Å². The summed E-state index contributed by atoms with van der Waals surface area (Å²) in [5.41, 5.74) is 1.15. The fraction of sp³-hybridized carbons (Fsp3) is 0.0625. The Morgan fingerprint density at radius 3 is 2.81 bits per heavy atom. The van der Waals surface area contributed by atoms with Crippen molar-refractivity contribution in [3.8, 4) is 11.8 Å². The summed E-state index contributed by atoms with van der Waals surface area (Å²) < 4.78 is 34.3. The quantitative estimate of drug-likeness (QED) is 0.671. The van der Waals surface area contributed by atoms with Gasteiger partial charge in [-0.2, -0.15) is 13.7 Å². The standard InChI is InChI=1S/C16H12N4O5S/c1-24-16(21)20-15-18-13-6-5-11(8-14(13)19-15)25-26(22,23)12-4-2-3-10(7-12)9-17/h2-8H,1H3,(H2,18,19,20,21). The second-order valence-corrected chi connectivity index (χ2v) is 6.60. The Kier molecular flexibility index (Phi) is 4.47. The molecule has 0 bridgehead atoms. The minimum absolute atomic E-state index is 0.0492. The SMILES string of the molecule is COC(=O)Nc1nc2ccc(OS(=O)(=O)c3cccc(C#N)c3)cc2[nH]1. The van der Waals surface area contributed by atoms with E-state index in [0.717, 1.165) is 0 Å². The molecular formula is C16H12N4O5S. The van der Waals surface area contributed by atoms with E-state index in [9.17, 15) is 13.2 Å². The van der Waals surface area contributed by atoms with Crippen LogP contribution in [0.25, 0.3) is 11.0 Å². The maximum Gasteiger partial charge on any atom is 0.413 e. The van der Waals surface area contributed by atoms with Crippen molar-refractivity contribution in [2.24, 2.45) is 0 Å². The van der Waals surface area contributed by atoms with Crippen molar-refractivity contribution in [3.05, 3.63) is 48.0 Å². The summed E-state index contributed by atoms with van der Waals surface area (Å²) in [5.74, 6) is 0.196. The third-order valence-electron chi connectivity index (χ3n) is 3.32. The molecule has 1 aromatic heterocycles. The van der Waals surface area contributed by atoms with E-state index in [2.05, 4.69) is 20.0 Å². The van der Waals surface area contributed by atoms with Gasteiger partial charge in [0.15, 0.2) is 0 Å². The van der Waals surface area contributed by atoms with Crippen LogP contribution in [0.3, 0.4) is 0 Å². The van der Waals surface area contributed by atoms with Gasteiger partial charge in [0.05, 0.1) is 29.8 Å². The molecule has 3 aromatic rings. The van der Waals surface area contributed by atoms with Gasteiger partial charge in [-0.1, -0.05) is 6.07 Å². The molecule has 0 aliphatic carbocycles. The minimum atomic E-state index is -4.11. The molecule has 9 nitrogen and oxygen atoms in total. The van der Waals surface area contributed by atoms with E-state index < -0.39 is 16.2 Å². The number of aromatic nitrogens is 2. The first-order valence-electron chi connectivity index (χ1n) is 7.20. The summed E-state index contributed by atoms with van der Waals surface area (Å²) in [6, 6.07) is 11.8. The summed E-state index contributed by atoms with van der Waals surface area (Å²) in [6.45, 7) is 0. The molecule has 1 heterocycles. The molecule has 0 atom stereocenters. The number of nitriles is 1. The molecule has 0 saturated carbocycles. The number of anilines is 1. The second-order valence-electron chi connectivity index (χ2n) is 5.06. The lowest BCUT2D eigenvalue weighted by molar-refractivity contribution is 0.186. The zero-order valence-corrected chi connectivity index (χ0v) is 14.2. The van der Waals surface area contributed by atoms with E-state index in [1.807, 2.05) is 6.07 Å². The number of fused-ring (bicyclic) bond motifs is 1. The smallest absolute Gasteiger partial charge is 0.413 e. The average Bonchev–Trinajstić information content (AvgIpc) is 3.02. The number of rotatable bonds is 4. The molecule has 3 rings (SSSR count). The van der Waals surface area contributed by atoms with Crippen LogP contribution in [0.15, 0.2) is 47.4 Å². The number of benzene rings is 2. The van der Waals surface area contributed by atoms with E-state index in [-0.39, 0.29) is 22.2 Å². The molecule has 10 heteroatoms. The number of ether oxygens (including phenoxy) is 1. The van der Waals surface area contributed by atoms with Crippen LogP contribution >= 0.6 is 0 Å². The molecule has 132 valence electrons. The maximum absolute atomic E-state index is 12.4. The molecule has 0 saturated heterocycles. The fourth-order valence-corrected chi connectivity index (χ4v) is 3.11. The lowest BCUT2D eigenvalue weighted by Gasteiger charge is -2.07. The van der Waals surface area contributed by atoms with Crippen LogP contribution in [0.1, 0.15) is 5.56 Å². The van der Waals surface area contributed by atoms with Crippen molar-refractivity contribution in [1.82, 2.24) is 9.97 Å². The second kappa shape index (κ2) is 6.73. The number of hydrogen-bond acceptors (Lipinski definition) is 7. The van der Waals surface area contributed by atoms with E-state index >= 15 is 0 Å². The molecule has 2 N–H and O–H groups in total. The lowest BCUT2D eigenvalue weighted by atomic mass is 10.2. The molecule has 26 heavy (non-hydrogen) atoms. The zero-order valence-electron chi connectivity index (χ0n) is 13.4. The van der Waals surface area contributed by atoms with E-state index in [1.165, 1.54) is 49.6 Å². The Labute approximate surface area is 148 Å². The number of imidazole rings is 1. The van der Waals surface area contributed by atoms with E-state index in [1.54, 1.807) is 0 Å². The molecule has 0 aliphatic rings. The van der Waals surface area contributed by atoms with E-state index in [0.29, 0.717) is 11.0 Å². The highest BCUT2D eigenvalue weighted by Crippen LogP contribution is 2.24. The van der Waals surface area contributed by atoms with Gasteiger partial charge >= 0.3 is 16.2 Å². The van der Waals surface area contributed by atoms with Gasteiger partial charge in [0.1, 0.15) is 10.6 Å². The van der Waals surface area contributed by atoms with Crippen molar-refractivity contribution < 1.29 is 22.1 Å². The Morgan fingerprint density at radius 1 is 1.27 bits per heavy atom. The Hall–Kier alpha value is -3.58. The number of carbonyl (C=O) groups is 1. The zero-order chi connectivity index (χ0) is 18.7. The summed E-state index contributed by atoms with van der Waals surface area (Å²) in [4.78, 5) is 18.0. The molecule has 0 spiro atoms. The monoisotopic (exact) mass is 372 g/mol. The normalized spacial score (nSPS) is 10.9. The van der Waals surface area contributed by atoms with Gasteiger partial charge in [-0.3, -0.25) is 5.32 Å². The largest absolute Gasteiger partial charge is 0.453 e. The summed E-state index contributed by atoms with van der Waals surface area (Å²) in [5, 5.41) is 11.3.